The second-order valence-corrected chi connectivity index (χ2v) is 9.53. The maximum Gasteiger partial charge on any atom is 0.459 e. The Balaban J connectivity index is 1.61. The molecule has 35 heavy (non-hydrogen) atoms. The first kappa shape index (κ1) is 23.6. The second-order valence-electron chi connectivity index (χ2n) is 9.12. The van der Waals surface area contributed by atoms with E-state index >= 15 is 0 Å². The van der Waals surface area contributed by atoms with Gasteiger partial charge in [-0.3, -0.25) is 0 Å². The van der Waals surface area contributed by atoms with Gasteiger partial charge in [-0.2, -0.15) is 37.4 Å². The molecule has 5 rings (SSSR count). The van der Waals surface area contributed by atoms with Gasteiger partial charge in [0.15, 0.2) is 11.5 Å². The summed E-state index contributed by atoms with van der Waals surface area (Å²) in [6.45, 7) is 0. The zero-order chi connectivity index (χ0) is 25.3. The lowest BCUT2D eigenvalue weighted by molar-refractivity contribution is -0.290. The lowest BCUT2D eigenvalue weighted by Gasteiger charge is -2.24. The molecule has 184 valence electrons. The van der Waals surface area contributed by atoms with Crippen LogP contribution in [0.3, 0.4) is 0 Å². The van der Waals surface area contributed by atoms with E-state index < -0.39 is 23.2 Å². The van der Waals surface area contributed by atoms with E-state index in [0.29, 0.717) is 47.4 Å². The summed E-state index contributed by atoms with van der Waals surface area (Å²) in [6, 6.07) is 7.37. The predicted molar refractivity (Wildman–Crippen MR) is 119 cm³/mol. The van der Waals surface area contributed by atoms with E-state index in [9.17, 15) is 27.2 Å². The zero-order valence-corrected chi connectivity index (χ0v) is 19.5. The highest BCUT2D eigenvalue weighted by molar-refractivity contribution is 6.31. The van der Waals surface area contributed by atoms with Gasteiger partial charge in [-0.1, -0.05) is 17.7 Å². The van der Waals surface area contributed by atoms with Crippen molar-refractivity contribution in [3.05, 3.63) is 46.9 Å². The number of nitrogens with zero attached hydrogens (tertiary/aromatic N) is 6. The summed E-state index contributed by atoms with van der Waals surface area (Å²) in [4.78, 5) is 1.42. The lowest BCUT2D eigenvalue weighted by Crippen LogP contribution is -2.36. The van der Waals surface area contributed by atoms with Crippen molar-refractivity contribution in [2.24, 2.45) is 7.05 Å². The van der Waals surface area contributed by atoms with Crippen LogP contribution < -0.4 is 4.90 Å². The molecule has 12 heteroatoms. The number of alkyl halides is 5. The van der Waals surface area contributed by atoms with Crippen LogP contribution >= 0.6 is 11.6 Å². The fraction of sp³-hybridized carbons (Fsp3) is 0.435. The van der Waals surface area contributed by atoms with Crippen molar-refractivity contribution in [2.75, 3.05) is 11.9 Å². The summed E-state index contributed by atoms with van der Waals surface area (Å²) in [5, 5.41) is 17.9. The molecule has 2 saturated carbocycles. The third kappa shape index (κ3) is 3.75. The Labute approximate surface area is 202 Å². The average molecular weight is 511 g/mol. The maximum atomic E-state index is 14.5. The highest BCUT2D eigenvalue weighted by Gasteiger charge is 2.62. The second kappa shape index (κ2) is 7.68. The van der Waals surface area contributed by atoms with Crippen molar-refractivity contribution in [3.8, 4) is 23.0 Å². The minimum absolute atomic E-state index is 0.00514. The summed E-state index contributed by atoms with van der Waals surface area (Å²) < 4.78 is 71.0. The van der Waals surface area contributed by atoms with E-state index in [4.69, 9.17) is 11.6 Å². The van der Waals surface area contributed by atoms with Crippen LogP contribution in [0.15, 0.2) is 30.6 Å². The summed E-state index contributed by atoms with van der Waals surface area (Å²) in [6.07, 6.45) is -0.0146. The van der Waals surface area contributed by atoms with Crippen LogP contribution in [-0.2, 0) is 18.4 Å². The zero-order valence-electron chi connectivity index (χ0n) is 18.7. The molecule has 2 aromatic heterocycles. The Morgan fingerprint density at radius 3 is 2.43 bits per heavy atom. The number of halogens is 6. The van der Waals surface area contributed by atoms with Gasteiger partial charge in [0.2, 0.25) is 0 Å². The Bertz CT molecular complexity index is 1340. The molecular weight excluding hydrogens is 491 g/mol. The number of rotatable bonds is 6. The van der Waals surface area contributed by atoms with Crippen molar-refractivity contribution >= 4 is 17.3 Å². The molecule has 0 unspecified atom stereocenters. The number of anilines is 1. The van der Waals surface area contributed by atoms with Gasteiger partial charge in [-0.05, 0) is 48.9 Å². The molecule has 0 saturated heterocycles. The molecule has 0 atom stereocenters. The number of aryl methyl sites for hydroxylation is 1. The van der Waals surface area contributed by atoms with E-state index in [-0.39, 0.29) is 17.5 Å². The van der Waals surface area contributed by atoms with Crippen LogP contribution in [0.25, 0.3) is 16.9 Å². The number of nitriles is 1. The Kier molecular flexibility index (Phi) is 5.18. The number of hydrogen-bond donors (Lipinski definition) is 0. The molecule has 0 aliphatic heterocycles. The van der Waals surface area contributed by atoms with Crippen molar-refractivity contribution < 1.29 is 22.0 Å². The molecule has 0 radical (unpaired) electrons. The van der Waals surface area contributed by atoms with Crippen LogP contribution in [0.5, 0.6) is 0 Å². The monoisotopic (exact) mass is 510 g/mol. The Hall–Kier alpha value is -3.13. The van der Waals surface area contributed by atoms with Crippen molar-refractivity contribution in [1.29, 1.82) is 5.26 Å². The summed E-state index contributed by atoms with van der Waals surface area (Å²) >= 11 is 6.33. The van der Waals surface area contributed by atoms with Crippen LogP contribution in [0.1, 0.15) is 36.9 Å². The molecule has 2 fully saturated rings. The van der Waals surface area contributed by atoms with Crippen LogP contribution in [0, 0.1) is 11.3 Å². The standard InChI is InChI=1S/C23H20ClF5N6/c1-33(15-4-5-15)18-19(22(25,26)23(27,28)29)32-34(2)20(18)35-11-14(10-31-35)13-3-6-17(24)16(9-13)21(12-30)7-8-21/h3,6,9-11,15H,4-5,7-8H2,1-2H3. The normalized spacial score (nSPS) is 17.3. The van der Waals surface area contributed by atoms with Gasteiger partial charge in [-0.15, -0.1) is 0 Å². The molecule has 0 spiro atoms. The maximum absolute atomic E-state index is 14.5. The fourth-order valence-electron chi connectivity index (χ4n) is 4.30. The van der Waals surface area contributed by atoms with Crippen LogP contribution in [-0.4, -0.2) is 38.8 Å². The topological polar surface area (TPSA) is 62.7 Å². The number of benzene rings is 1. The first-order valence-corrected chi connectivity index (χ1v) is 11.3. The van der Waals surface area contributed by atoms with Gasteiger partial charge in [0.1, 0.15) is 5.69 Å². The van der Waals surface area contributed by atoms with Gasteiger partial charge in [0.05, 0.1) is 17.7 Å². The molecule has 6 nitrogen and oxygen atoms in total. The number of aromatic nitrogens is 4. The average Bonchev–Trinajstić information content (AvgIpc) is 3.71. The SMILES string of the molecule is CN(c1c(C(F)(F)C(F)(F)F)nn(C)c1-n1cc(-c2ccc(Cl)c(C3(C#N)CC3)c2)cn1)C1CC1. The molecule has 0 amide bonds. The molecule has 0 N–H and O–H groups in total. The van der Waals surface area contributed by atoms with Crippen molar-refractivity contribution in [3.63, 3.8) is 0 Å². The van der Waals surface area contributed by atoms with E-state index in [0.717, 1.165) is 4.68 Å². The van der Waals surface area contributed by atoms with Crippen LogP contribution in [0.4, 0.5) is 27.6 Å². The van der Waals surface area contributed by atoms with Gasteiger partial charge in [0.25, 0.3) is 0 Å². The summed E-state index contributed by atoms with van der Waals surface area (Å²) in [5.74, 6) is -5.15. The smallest absolute Gasteiger partial charge is 0.367 e. The van der Waals surface area contributed by atoms with E-state index in [2.05, 4.69) is 16.3 Å². The largest absolute Gasteiger partial charge is 0.459 e. The highest BCUT2D eigenvalue weighted by atomic mass is 35.5. The molecular formula is C23H20ClF5N6. The predicted octanol–water partition coefficient (Wildman–Crippen LogP) is 5.73. The lowest BCUT2D eigenvalue weighted by atomic mass is 9.94. The molecule has 2 heterocycles. The van der Waals surface area contributed by atoms with Gasteiger partial charge in [0, 0.05) is 36.9 Å². The Morgan fingerprint density at radius 1 is 1.17 bits per heavy atom. The quantitative estimate of drug-likeness (QED) is 0.397. The summed E-state index contributed by atoms with van der Waals surface area (Å²) in [7, 11) is 2.79. The van der Waals surface area contributed by atoms with E-state index in [1.807, 2.05) is 0 Å². The molecule has 3 aromatic rings. The summed E-state index contributed by atoms with van der Waals surface area (Å²) in [5.41, 5.74) is -0.311. The van der Waals surface area contributed by atoms with Crippen molar-refractivity contribution in [1.82, 2.24) is 19.6 Å². The Morgan fingerprint density at radius 2 is 1.86 bits per heavy atom. The molecule has 2 aliphatic rings. The minimum atomic E-state index is -5.80. The molecule has 2 aliphatic carbocycles. The first-order valence-electron chi connectivity index (χ1n) is 10.9. The van der Waals surface area contributed by atoms with E-state index in [1.165, 1.54) is 36.1 Å². The van der Waals surface area contributed by atoms with Gasteiger partial charge < -0.3 is 4.90 Å². The number of hydrogen-bond acceptors (Lipinski definition) is 4. The van der Waals surface area contributed by atoms with Crippen LogP contribution in [0.2, 0.25) is 5.02 Å². The first-order chi connectivity index (χ1) is 16.4. The fourth-order valence-corrected chi connectivity index (χ4v) is 4.60. The third-order valence-electron chi connectivity index (χ3n) is 6.67. The van der Waals surface area contributed by atoms with Crippen molar-refractivity contribution in [2.45, 2.75) is 49.2 Å². The van der Waals surface area contributed by atoms with Gasteiger partial charge in [-0.25, -0.2) is 9.36 Å². The minimum Gasteiger partial charge on any atom is -0.367 e. The highest BCUT2D eigenvalue weighted by Crippen LogP contribution is 2.51. The van der Waals surface area contributed by atoms with E-state index in [1.54, 1.807) is 18.2 Å². The molecule has 0 bridgehead atoms. The van der Waals surface area contributed by atoms with Gasteiger partial charge >= 0.3 is 12.1 Å². The third-order valence-corrected chi connectivity index (χ3v) is 7.00. The molecule has 1 aromatic carbocycles.